The first kappa shape index (κ1) is 19.8. The summed E-state index contributed by atoms with van der Waals surface area (Å²) in [5.41, 5.74) is 3.60. The van der Waals surface area contributed by atoms with Crippen molar-refractivity contribution in [3.05, 3.63) is 102 Å². The van der Waals surface area contributed by atoms with E-state index >= 15 is 0 Å². The van der Waals surface area contributed by atoms with Gasteiger partial charge >= 0.3 is 6.03 Å². The van der Waals surface area contributed by atoms with E-state index in [-0.39, 0.29) is 6.03 Å². The summed E-state index contributed by atoms with van der Waals surface area (Å²) in [6.07, 6.45) is 0. The summed E-state index contributed by atoms with van der Waals surface area (Å²) in [5, 5.41) is 3.03. The average Bonchev–Trinajstić information content (AvgIpc) is 3.38. The maximum atomic E-state index is 12.7. The third-order valence-corrected chi connectivity index (χ3v) is 6.72. The number of hydrogen-bond donors (Lipinski definition) is 1. The Labute approximate surface area is 184 Å². The molecule has 2 amide bonds. The van der Waals surface area contributed by atoms with Crippen LogP contribution in [-0.2, 0) is 0 Å². The fourth-order valence-corrected chi connectivity index (χ4v) is 5.16. The van der Waals surface area contributed by atoms with E-state index in [1.807, 2.05) is 35.2 Å². The molecule has 2 aliphatic heterocycles. The number of fused-ring (bicyclic) bond motifs is 1. The van der Waals surface area contributed by atoms with Gasteiger partial charge in [0.25, 0.3) is 0 Å². The van der Waals surface area contributed by atoms with Crippen LogP contribution in [0.5, 0.6) is 0 Å². The molecule has 2 heterocycles. The van der Waals surface area contributed by atoms with E-state index in [0.29, 0.717) is 17.8 Å². The highest BCUT2D eigenvalue weighted by atomic mass is 16.2. The second-order valence-corrected chi connectivity index (χ2v) is 8.81. The Morgan fingerprint density at radius 1 is 0.742 bits per heavy atom. The molecule has 0 bridgehead atoms. The lowest BCUT2D eigenvalue weighted by atomic mass is 9.91. The molecule has 2 atom stereocenters. The summed E-state index contributed by atoms with van der Waals surface area (Å²) >= 11 is 0. The van der Waals surface area contributed by atoms with Gasteiger partial charge in [-0.3, -0.25) is 0 Å². The molecule has 3 aromatic carbocycles. The maximum Gasteiger partial charge on any atom is 0.321 e. The van der Waals surface area contributed by atoms with Crippen molar-refractivity contribution in [2.24, 2.45) is 11.8 Å². The van der Waals surface area contributed by atoms with Crippen molar-refractivity contribution in [1.29, 1.82) is 0 Å². The maximum absolute atomic E-state index is 12.7. The predicted octanol–water partition coefficient (Wildman–Crippen LogP) is 4.91. The van der Waals surface area contributed by atoms with Crippen molar-refractivity contribution in [2.75, 3.05) is 38.0 Å². The number of carbonyl (C=O) groups is 1. The summed E-state index contributed by atoms with van der Waals surface area (Å²) in [6, 6.07) is 31.4. The zero-order valence-electron chi connectivity index (χ0n) is 17.7. The Hall–Kier alpha value is -3.11. The number of anilines is 1. The van der Waals surface area contributed by atoms with Gasteiger partial charge in [-0.2, -0.15) is 0 Å². The van der Waals surface area contributed by atoms with Crippen LogP contribution in [-0.4, -0.2) is 48.6 Å². The lowest BCUT2D eigenvalue weighted by molar-refractivity contribution is 0.212. The molecule has 0 saturated carbocycles. The molecule has 31 heavy (non-hydrogen) atoms. The minimum absolute atomic E-state index is 0.0265. The van der Waals surface area contributed by atoms with Crippen molar-refractivity contribution >= 4 is 11.7 Å². The summed E-state index contributed by atoms with van der Waals surface area (Å²) in [7, 11) is 0. The monoisotopic (exact) mass is 411 g/mol. The second-order valence-electron chi connectivity index (χ2n) is 8.81. The van der Waals surface area contributed by atoms with E-state index in [1.54, 1.807) is 0 Å². The number of likely N-dealkylation sites (tertiary alicyclic amines) is 2. The van der Waals surface area contributed by atoms with Gasteiger partial charge < -0.3 is 15.1 Å². The van der Waals surface area contributed by atoms with E-state index in [4.69, 9.17) is 0 Å². The van der Waals surface area contributed by atoms with E-state index in [9.17, 15) is 4.79 Å². The predicted molar refractivity (Wildman–Crippen MR) is 125 cm³/mol. The van der Waals surface area contributed by atoms with Gasteiger partial charge in [0.15, 0.2) is 0 Å². The molecule has 3 aromatic rings. The first-order valence-corrected chi connectivity index (χ1v) is 11.2. The zero-order chi connectivity index (χ0) is 21.0. The molecule has 2 aliphatic rings. The molecule has 0 unspecified atom stereocenters. The van der Waals surface area contributed by atoms with Gasteiger partial charge in [-0.25, -0.2) is 4.79 Å². The molecule has 0 aliphatic carbocycles. The fourth-order valence-electron chi connectivity index (χ4n) is 5.16. The molecule has 2 fully saturated rings. The summed E-state index contributed by atoms with van der Waals surface area (Å²) in [6.45, 7) is 4.85. The summed E-state index contributed by atoms with van der Waals surface area (Å²) < 4.78 is 0. The molecule has 0 radical (unpaired) electrons. The van der Waals surface area contributed by atoms with Crippen molar-refractivity contribution in [2.45, 2.75) is 5.92 Å². The van der Waals surface area contributed by atoms with Crippen LogP contribution in [0.2, 0.25) is 0 Å². The topological polar surface area (TPSA) is 35.6 Å². The van der Waals surface area contributed by atoms with Gasteiger partial charge in [-0.05, 0) is 35.1 Å². The number of benzene rings is 3. The van der Waals surface area contributed by atoms with E-state index in [2.05, 4.69) is 70.9 Å². The number of urea groups is 1. The Morgan fingerprint density at radius 3 is 1.74 bits per heavy atom. The van der Waals surface area contributed by atoms with Crippen LogP contribution in [0.1, 0.15) is 17.0 Å². The lowest BCUT2D eigenvalue weighted by Crippen LogP contribution is -2.37. The van der Waals surface area contributed by atoms with E-state index in [0.717, 1.165) is 38.4 Å². The third kappa shape index (κ3) is 4.49. The number of nitrogens with zero attached hydrogens (tertiary/aromatic N) is 2. The number of rotatable bonds is 5. The highest BCUT2D eigenvalue weighted by molar-refractivity contribution is 5.89. The molecule has 2 saturated heterocycles. The van der Waals surface area contributed by atoms with Crippen LogP contribution in [0.15, 0.2) is 91.0 Å². The fraction of sp³-hybridized carbons (Fsp3) is 0.296. The quantitative estimate of drug-likeness (QED) is 0.647. The van der Waals surface area contributed by atoms with Gasteiger partial charge in [0, 0.05) is 44.3 Å². The van der Waals surface area contributed by atoms with Gasteiger partial charge in [0.1, 0.15) is 0 Å². The second kappa shape index (κ2) is 8.94. The van der Waals surface area contributed by atoms with Gasteiger partial charge in [0.2, 0.25) is 0 Å². The van der Waals surface area contributed by atoms with Crippen LogP contribution in [0, 0.1) is 11.8 Å². The van der Waals surface area contributed by atoms with E-state index < -0.39 is 0 Å². The zero-order valence-corrected chi connectivity index (χ0v) is 17.7. The highest BCUT2D eigenvalue weighted by Crippen LogP contribution is 2.34. The Kier molecular flexibility index (Phi) is 5.72. The minimum atomic E-state index is 0.0265. The standard InChI is InChI=1S/C27H29N3O/c31-27(28-25-14-8-3-9-15-25)30-18-23-16-29(17-24(23)19-30)20-26(21-10-4-1-5-11-21)22-12-6-2-7-13-22/h1-15,23-24,26H,16-20H2,(H,28,31)/t23-,24-/m1/s1. The van der Waals surface area contributed by atoms with Crippen molar-refractivity contribution in [1.82, 2.24) is 9.80 Å². The number of para-hydroxylation sites is 1. The molecule has 0 spiro atoms. The largest absolute Gasteiger partial charge is 0.324 e. The normalized spacial score (nSPS) is 20.7. The summed E-state index contributed by atoms with van der Waals surface area (Å²) in [4.78, 5) is 17.3. The SMILES string of the molecule is O=C(Nc1ccccc1)N1C[C@H]2CN(CC(c3ccccc3)c3ccccc3)C[C@@H]2C1. The van der Waals surface area contributed by atoms with Gasteiger partial charge in [0.05, 0.1) is 0 Å². The average molecular weight is 412 g/mol. The number of nitrogens with one attached hydrogen (secondary N) is 1. The molecule has 158 valence electrons. The molecule has 4 heteroatoms. The molecule has 0 aromatic heterocycles. The summed E-state index contributed by atoms with van der Waals surface area (Å²) in [5.74, 6) is 1.50. The van der Waals surface area contributed by atoms with Crippen LogP contribution < -0.4 is 5.32 Å². The first-order valence-electron chi connectivity index (χ1n) is 11.2. The third-order valence-electron chi connectivity index (χ3n) is 6.72. The van der Waals surface area contributed by atoms with Crippen LogP contribution in [0.25, 0.3) is 0 Å². The Balaban J connectivity index is 1.22. The smallest absolute Gasteiger partial charge is 0.321 e. The minimum Gasteiger partial charge on any atom is -0.324 e. The molecular formula is C27H29N3O. The van der Waals surface area contributed by atoms with Gasteiger partial charge in [-0.15, -0.1) is 0 Å². The van der Waals surface area contributed by atoms with Crippen LogP contribution in [0.4, 0.5) is 10.5 Å². The molecule has 1 N–H and O–H groups in total. The molecule has 5 rings (SSSR count). The lowest BCUT2D eigenvalue weighted by Gasteiger charge is -2.26. The van der Waals surface area contributed by atoms with Crippen molar-refractivity contribution in [3.8, 4) is 0 Å². The van der Waals surface area contributed by atoms with Crippen molar-refractivity contribution in [3.63, 3.8) is 0 Å². The molecular weight excluding hydrogens is 382 g/mol. The van der Waals surface area contributed by atoms with Gasteiger partial charge in [-0.1, -0.05) is 78.9 Å². The molecule has 4 nitrogen and oxygen atoms in total. The van der Waals surface area contributed by atoms with Crippen LogP contribution >= 0.6 is 0 Å². The van der Waals surface area contributed by atoms with Crippen molar-refractivity contribution < 1.29 is 4.79 Å². The van der Waals surface area contributed by atoms with Crippen LogP contribution in [0.3, 0.4) is 0 Å². The first-order chi connectivity index (χ1) is 15.3. The highest BCUT2D eigenvalue weighted by Gasteiger charge is 2.42. The van der Waals surface area contributed by atoms with E-state index in [1.165, 1.54) is 11.1 Å². The Bertz CT molecular complexity index is 939. The Morgan fingerprint density at radius 2 is 1.23 bits per heavy atom. The number of amides is 2. The number of hydrogen-bond acceptors (Lipinski definition) is 2. The number of carbonyl (C=O) groups excluding carboxylic acids is 1.